The highest BCUT2D eigenvalue weighted by Gasteiger charge is 2.16. The second-order valence-electron chi connectivity index (χ2n) is 10.6. The molecule has 4 heterocycles. The number of rotatable bonds is 3. The molecule has 4 aromatic carbocycles. The van der Waals surface area contributed by atoms with E-state index in [1.165, 1.54) is 32.7 Å². The van der Waals surface area contributed by atoms with Gasteiger partial charge in [0.15, 0.2) is 0 Å². The minimum Gasteiger partial charge on any atom is -0.294 e. The largest absolute Gasteiger partial charge is 0.294 e. The Balaban J connectivity index is 1.31. The van der Waals surface area contributed by atoms with Crippen LogP contribution in [-0.4, -0.2) is 19.1 Å². The van der Waals surface area contributed by atoms with Crippen LogP contribution in [0.25, 0.3) is 66.4 Å². The van der Waals surface area contributed by atoms with Gasteiger partial charge in [0.1, 0.15) is 11.3 Å². The smallest absolute Gasteiger partial charge is 0.145 e. The van der Waals surface area contributed by atoms with Crippen LogP contribution >= 0.6 is 0 Å². The minimum absolute atomic E-state index is 0.973. The van der Waals surface area contributed by atoms with Crippen molar-refractivity contribution in [2.45, 2.75) is 13.8 Å². The lowest BCUT2D eigenvalue weighted by Gasteiger charge is -2.12. The Bertz CT molecular complexity index is 2090. The Hall–Kier alpha value is -5.22. The second-order valence-corrected chi connectivity index (χ2v) is 10.6. The molecule has 0 fully saturated rings. The van der Waals surface area contributed by atoms with E-state index in [1.54, 1.807) is 0 Å². The molecule has 0 radical (unpaired) electrons. The number of nitrogens with zero attached hydrogens (tertiary/aromatic N) is 4. The average Bonchev–Trinajstić information content (AvgIpc) is 3.49. The first-order chi connectivity index (χ1) is 19.7. The Morgan fingerprint density at radius 3 is 1.40 bits per heavy atom. The molecule has 0 N–H and O–H groups in total. The van der Waals surface area contributed by atoms with Crippen LogP contribution in [0.5, 0.6) is 0 Å². The van der Waals surface area contributed by atoms with E-state index in [2.05, 4.69) is 120 Å². The van der Waals surface area contributed by atoms with Gasteiger partial charge >= 0.3 is 0 Å². The normalized spacial score (nSPS) is 11.8. The summed E-state index contributed by atoms with van der Waals surface area (Å²) in [5, 5.41) is 4.79. The van der Waals surface area contributed by atoms with Crippen LogP contribution in [0.4, 0.5) is 0 Å². The first kappa shape index (κ1) is 22.7. The van der Waals surface area contributed by atoms with Crippen molar-refractivity contribution >= 4 is 43.9 Å². The molecule has 0 aliphatic heterocycles. The average molecular weight is 515 g/mol. The van der Waals surface area contributed by atoms with Gasteiger partial charge in [0, 0.05) is 45.3 Å². The standard InChI is InChI=1S/C36H26N4/c1-23-13-15-33-31(19-23)29-11-5-17-37-35(29)39(33)27-9-3-7-25(21-27)26-8-4-10-28(22-26)40-34-16-14-24(2)20-32(34)30-12-6-18-38-36(30)40/h3-22H,1-2H3. The molecule has 0 bridgehead atoms. The third-order valence-corrected chi connectivity index (χ3v) is 7.91. The third kappa shape index (κ3) is 3.39. The van der Waals surface area contributed by atoms with Crippen LogP contribution in [0, 0.1) is 13.8 Å². The van der Waals surface area contributed by atoms with E-state index in [1.807, 2.05) is 24.5 Å². The highest BCUT2D eigenvalue weighted by molar-refractivity contribution is 6.09. The van der Waals surface area contributed by atoms with Gasteiger partial charge in [-0.25, -0.2) is 9.97 Å². The highest BCUT2D eigenvalue weighted by atomic mass is 15.1. The van der Waals surface area contributed by atoms with E-state index in [-0.39, 0.29) is 0 Å². The lowest BCUT2D eigenvalue weighted by molar-refractivity contribution is 1.13. The maximum atomic E-state index is 4.79. The number of benzene rings is 4. The number of fused-ring (bicyclic) bond motifs is 6. The fourth-order valence-corrected chi connectivity index (χ4v) is 6.09. The number of aryl methyl sites for hydroxylation is 2. The zero-order valence-corrected chi connectivity index (χ0v) is 22.3. The summed E-state index contributed by atoms with van der Waals surface area (Å²) in [6, 6.07) is 39.1. The minimum atomic E-state index is 0.973. The lowest BCUT2D eigenvalue weighted by Crippen LogP contribution is -1.97. The Labute approximate surface area is 231 Å². The van der Waals surface area contributed by atoms with Crippen LogP contribution < -0.4 is 0 Å². The highest BCUT2D eigenvalue weighted by Crippen LogP contribution is 2.35. The molecule has 0 spiro atoms. The van der Waals surface area contributed by atoms with Crippen molar-refractivity contribution in [2.24, 2.45) is 0 Å². The van der Waals surface area contributed by atoms with Crippen molar-refractivity contribution < 1.29 is 0 Å². The predicted octanol–water partition coefficient (Wildman–Crippen LogP) is 8.95. The third-order valence-electron chi connectivity index (χ3n) is 7.91. The Morgan fingerprint density at radius 2 is 0.925 bits per heavy atom. The molecule has 0 unspecified atom stereocenters. The molecule has 40 heavy (non-hydrogen) atoms. The van der Waals surface area contributed by atoms with E-state index < -0.39 is 0 Å². The van der Waals surface area contributed by atoms with Crippen molar-refractivity contribution in [1.29, 1.82) is 0 Å². The summed E-state index contributed by atoms with van der Waals surface area (Å²) in [5.74, 6) is 0. The summed E-state index contributed by atoms with van der Waals surface area (Å²) in [5.41, 5.74) is 11.3. The van der Waals surface area contributed by atoms with Gasteiger partial charge in [-0.05, 0) is 97.8 Å². The number of hydrogen-bond acceptors (Lipinski definition) is 2. The van der Waals surface area contributed by atoms with Crippen LogP contribution in [-0.2, 0) is 0 Å². The zero-order chi connectivity index (χ0) is 26.8. The van der Waals surface area contributed by atoms with Crippen molar-refractivity contribution in [3.05, 3.63) is 133 Å². The molecule has 8 rings (SSSR count). The molecular formula is C36H26N4. The van der Waals surface area contributed by atoms with E-state index in [4.69, 9.17) is 9.97 Å². The van der Waals surface area contributed by atoms with Crippen molar-refractivity contribution in [1.82, 2.24) is 19.1 Å². The fraction of sp³-hybridized carbons (Fsp3) is 0.0556. The predicted molar refractivity (Wildman–Crippen MR) is 166 cm³/mol. The van der Waals surface area contributed by atoms with Crippen LogP contribution in [0.2, 0.25) is 0 Å². The molecule has 8 aromatic rings. The lowest BCUT2D eigenvalue weighted by atomic mass is 10.0. The van der Waals surface area contributed by atoms with Gasteiger partial charge in [-0.3, -0.25) is 9.13 Å². The summed E-state index contributed by atoms with van der Waals surface area (Å²) in [6.45, 7) is 4.28. The van der Waals surface area contributed by atoms with Crippen molar-refractivity contribution in [3.63, 3.8) is 0 Å². The summed E-state index contributed by atoms with van der Waals surface area (Å²) in [6.07, 6.45) is 3.75. The Morgan fingerprint density at radius 1 is 0.450 bits per heavy atom. The van der Waals surface area contributed by atoms with Gasteiger partial charge in [-0.15, -0.1) is 0 Å². The SMILES string of the molecule is Cc1ccc2c(c1)c1cccnc1n2-c1cccc(-c2cccc(-n3c4ccc(C)cc4c4cccnc43)c2)c1. The van der Waals surface area contributed by atoms with Gasteiger partial charge in [-0.1, -0.05) is 47.5 Å². The molecule has 0 aliphatic carbocycles. The van der Waals surface area contributed by atoms with Gasteiger partial charge < -0.3 is 0 Å². The molecule has 0 atom stereocenters. The molecule has 4 heteroatoms. The fourth-order valence-electron chi connectivity index (χ4n) is 6.09. The number of hydrogen-bond donors (Lipinski definition) is 0. The van der Waals surface area contributed by atoms with Crippen LogP contribution in [0.3, 0.4) is 0 Å². The van der Waals surface area contributed by atoms with E-state index >= 15 is 0 Å². The zero-order valence-electron chi connectivity index (χ0n) is 22.3. The van der Waals surface area contributed by atoms with E-state index in [9.17, 15) is 0 Å². The van der Waals surface area contributed by atoms with E-state index in [0.29, 0.717) is 0 Å². The molecule has 0 saturated heterocycles. The van der Waals surface area contributed by atoms with Crippen molar-refractivity contribution in [3.8, 4) is 22.5 Å². The summed E-state index contributed by atoms with van der Waals surface area (Å²) in [4.78, 5) is 9.58. The van der Waals surface area contributed by atoms with Crippen LogP contribution in [0.15, 0.2) is 122 Å². The molecule has 4 nitrogen and oxygen atoms in total. The van der Waals surface area contributed by atoms with Crippen molar-refractivity contribution in [2.75, 3.05) is 0 Å². The van der Waals surface area contributed by atoms with Gasteiger partial charge in [-0.2, -0.15) is 0 Å². The summed E-state index contributed by atoms with van der Waals surface area (Å²) >= 11 is 0. The first-order valence-electron chi connectivity index (χ1n) is 13.6. The maximum Gasteiger partial charge on any atom is 0.145 e. The topological polar surface area (TPSA) is 35.6 Å². The summed E-state index contributed by atoms with van der Waals surface area (Å²) < 4.78 is 4.55. The van der Waals surface area contributed by atoms with Gasteiger partial charge in [0.2, 0.25) is 0 Å². The molecule has 0 aliphatic rings. The molecule has 0 saturated carbocycles. The van der Waals surface area contributed by atoms with E-state index in [0.717, 1.165) is 44.8 Å². The Kier molecular flexibility index (Phi) is 4.92. The van der Waals surface area contributed by atoms with Gasteiger partial charge in [0.25, 0.3) is 0 Å². The molecule has 4 aromatic heterocycles. The van der Waals surface area contributed by atoms with Crippen LogP contribution in [0.1, 0.15) is 11.1 Å². The molecule has 0 amide bonds. The monoisotopic (exact) mass is 514 g/mol. The number of pyridine rings is 2. The molecule has 190 valence electrons. The quantitative estimate of drug-likeness (QED) is 0.236. The second kappa shape index (κ2) is 8.65. The number of aromatic nitrogens is 4. The first-order valence-corrected chi connectivity index (χ1v) is 13.6. The van der Waals surface area contributed by atoms with Gasteiger partial charge in [0.05, 0.1) is 11.0 Å². The maximum absolute atomic E-state index is 4.79. The molecular weight excluding hydrogens is 488 g/mol. The summed E-state index contributed by atoms with van der Waals surface area (Å²) in [7, 11) is 0.